The van der Waals surface area contributed by atoms with E-state index in [-0.39, 0.29) is 17.4 Å². The minimum Gasteiger partial charge on any atom is -0.466 e. The summed E-state index contributed by atoms with van der Waals surface area (Å²) in [5.74, 6) is -0.113. The minimum absolute atomic E-state index is 0.0332. The number of hydrogen-bond acceptors (Lipinski definition) is 4. The van der Waals surface area contributed by atoms with Gasteiger partial charge in [0.1, 0.15) is 0 Å². The normalized spacial score (nSPS) is 23.4. The van der Waals surface area contributed by atoms with Gasteiger partial charge >= 0.3 is 5.97 Å². The third-order valence-electron chi connectivity index (χ3n) is 3.62. The van der Waals surface area contributed by atoms with E-state index in [1.54, 1.807) is 0 Å². The zero-order valence-electron chi connectivity index (χ0n) is 11.8. The molecule has 1 rings (SSSR count). The van der Waals surface area contributed by atoms with Gasteiger partial charge in [-0.15, -0.1) is 0 Å². The maximum atomic E-state index is 11.6. The molecule has 1 aliphatic heterocycles. The lowest BCUT2D eigenvalue weighted by Crippen LogP contribution is -2.58. The predicted molar refractivity (Wildman–Crippen MR) is 68.9 cm³/mol. The fraction of sp³-hybridized carbons (Fsp3) is 0.923. The highest BCUT2D eigenvalue weighted by atomic mass is 16.5. The number of likely N-dealkylation sites (N-methyl/N-ethyl adjacent to an activating group) is 1. The number of rotatable bonds is 4. The monoisotopic (exact) mass is 242 g/mol. The van der Waals surface area contributed by atoms with Crippen LogP contribution in [0.2, 0.25) is 0 Å². The van der Waals surface area contributed by atoms with Crippen LogP contribution < -0.4 is 0 Å². The fourth-order valence-electron chi connectivity index (χ4n) is 2.24. The summed E-state index contributed by atoms with van der Waals surface area (Å²) in [4.78, 5) is 16.3. The van der Waals surface area contributed by atoms with Gasteiger partial charge in [-0.25, -0.2) is 0 Å². The van der Waals surface area contributed by atoms with Crippen LogP contribution in [0.4, 0.5) is 0 Å². The van der Waals surface area contributed by atoms with Crippen LogP contribution in [0.3, 0.4) is 0 Å². The first-order chi connectivity index (χ1) is 7.86. The van der Waals surface area contributed by atoms with Crippen molar-refractivity contribution in [3.05, 3.63) is 0 Å². The van der Waals surface area contributed by atoms with Crippen LogP contribution >= 0.6 is 0 Å². The smallest absolute Gasteiger partial charge is 0.309 e. The lowest BCUT2D eigenvalue weighted by atomic mass is 9.99. The maximum absolute atomic E-state index is 11.6. The molecule has 1 heterocycles. The summed E-state index contributed by atoms with van der Waals surface area (Å²) >= 11 is 0. The second-order valence-electron chi connectivity index (χ2n) is 5.62. The molecule has 1 aliphatic rings. The molecule has 0 N–H and O–H groups in total. The number of hydrogen-bond donors (Lipinski definition) is 0. The van der Waals surface area contributed by atoms with Crippen molar-refractivity contribution in [2.45, 2.75) is 33.2 Å². The van der Waals surface area contributed by atoms with E-state index in [4.69, 9.17) is 4.74 Å². The highest BCUT2D eigenvalue weighted by molar-refractivity contribution is 5.72. The summed E-state index contributed by atoms with van der Waals surface area (Å²) in [5.41, 5.74) is 0.187. The van der Waals surface area contributed by atoms with Crippen LogP contribution in [0.5, 0.6) is 0 Å². The van der Waals surface area contributed by atoms with Crippen molar-refractivity contribution in [3.8, 4) is 0 Å². The Morgan fingerprint density at radius 3 is 2.59 bits per heavy atom. The van der Waals surface area contributed by atoms with E-state index in [1.807, 2.05) is 13.8 Å². The van der Waals surface area contributed by atoms with Crippen LogP contribution in [-0.4, -0.2) is 61.1 Å². The number of ether oxygens (including phenoxy) is 1. The van der Waals surface area contributed by atoms with E-state index in [1.165, 1.54) is 0 Å². The quantitative estimate of drug-likeness (QED) is 0.694. The molecule has 17 heavy (non-hydrogen) atoms. The van der Waals surface area contributed by atoms with Crippen LogP contribution in [0.25, 0.3) is 0 Å². The van der Waals surface area contributed by atoms with Gasteiger partial charge in [0.25, 0.3) is 0 Å². The Hall–Kier alpha value is -0.610. The lowest BCUT2D eigenvalue weighted by Gasteiger charge is -2.45. The molecular weight excluding hydrogens is 216 g/mol. The Labute approximate surface area is 105 Å². The summed E-state index contributed by atoms with van der Waals surface area (Å²) in [6.07, 6.45) is 0. The highest BCUT2D eigenvalue weighted by Crippen LogP contribution is 2.19. The summed E-state index contributed by atoms with van der Waals surface area (Å²) < 4.78 is 5.04. The van der Waals surface area contributed by atoms with E-state index in [0.717, 1.165) is 26.2 Å². The van der Waals surface area contributed by atoms with Crippen molar-refractivity contribution in [2.75, 3.05) is 39.8 Å². The standard InChI is InChI=1S/C13H26N2O2/c1-6-17-12(16)11(2)9-15-8-7-14(5)13(3,4)10-15/h11H,6-10H2,1-5H3. The zero-order chi connectivity index (χ0) is 13.1. The molecule has 0 bridgehead atoms. The molecule has 0 radical (unpaired) electrons. The Morgan fingerprint density at radius 1 is 1.41 bits per heavy atom. The average Bonchev–Trinajstić information content (AvgIpc) is 2.23. The molecule has 0 amide bonds. The molecule has 100 valence electrons. The molecule has 4 nitrogen and oxygen atoms in total. The highest BCUT2D eigenvalue weighted by Gasteiger charge is 2.32. The Bertz CT molecular complexity index is 266. The number of carbonyl (C=O) groups is 1. The first-order valence-corrected chi connectivity index (χ1v) is 6.47. The first kappa shape index (κ1) is 14.5. The predicted octanol–water partition coefficient (Wildman–Crippen LogP) is 1.21. The Kier molecular flexibility index (Phi) is 4.95. The van der Waals surface area contributed by atoms with E-state index in [2.05, 4.69) is 30.7 Å². The summed E-state index contributed by atoms with van der Waals surface area (Å²) in [7, 11) is 2.16. The maximum Gasteiger partial charge on any atom is 0.309 e. The number of nitrogens with zero attached hydrogens (tertiary/aromatic N) is 2. The molecule has 1 atom stereocenters. The van der Waals surface area contributed by atoms with Crippen molar-refractivity contribution in [3.63, 3.8) is 0 Å². The topological polar surface area (TPSA) is 32.8 Å². The molecule has 0 saturated carbocycles. The van der Waals surface area contributed by atoms with Crippen molar-refractivity contribution in [1.29, 1.82) is 0 Å². The van der Waals surface area contributed by atoms with E-state index < -0.39 is 0 Å². The molecule has 0 aromatic heterocycles. The average molecular weight is 242 g/mol. The van der Waals surface area contributed by atoms with Crippen LogP contribution in [0.15, 0.2) is 0 Å². The largest absolute Gasteiger partial charge is 0.466 e. The van der Waals surface area contributed by atoms with Gasteiger partial charge in [0.15, 0.2) is 0 Å². The molecule has 4 heteroatoms. The molecular formula is C13H26N2O2. The summed E-state index contributed by atoms with van der Waals surface area (Å²) in [6.45, 7) is 12.7. The number of carbonyl (C=O) groups excluding carboxylic acids is 1. The molecule has 1 saturated heterocycles. The van der Waals surface area contributed by atoms with Crippen LogP contribution in [0.1, 0.15) is 27.7 Å². The van der Waals surface area contributed by atoms with Crippen molar-refractivity contribution in [2.24, 2.45) is 5.92 Å². The van der Waals surface area contributed by atoms with Gasteiger partial charge in [0, 0.05) is 31.7 Å². The SMILES string of the molecule is CCOC(=O)C(C)CN1CCN(C)C(C)(C)C1. The van der Waals surface area contributed by atoms with Gasteiger partial charge in [0.05, 0.1) is 12.5 Å². The third-order valence-corrected chi connectivity index (χ3v) is 3.62. The fourth-order valence-corrected chi connectivity index (χ4v) is 2.24. The first-order valence-electron chi connectivity index (χ1n) is 6.47. The van der Waals surface area contributed by atoms with Gasteiger partial charge in [0.2, 0.25) is 0 Å². The van der Waals surface area contributed by atoms with Crippen LogP contribution in [-0.2, 0) is 9.53 Å². The van der Waals surface area contributed by atoms with Gasteiger partial charge in [-0.05, 0) is 27.8 Å². The van der Waals surface area contributed by atoms with Crippen molar-refractivity contribution < 1.29 is 9.53 Å². The van der Waals surface area contributed by atoms with E-state index in [9.17, 15) is 4.79 Å². The molecule has 0 spiro atoms. The molecule has 0 aromatic rings. The number of esters is 1. The van der Waals surface area contributed by atoms with Gasteiger partial charge in [-0.1, -0.05) is 6.92 Å². The summed E-state index contributed by atoms with van der Waals surface area (Å²) in [6, 6.07) is 0. The van der Waals surface area contributed by atoms with Gasteiger partial charge in [-0.2, -0.15) is 0 Å². The minimum atomic E-state index is -0.0794. The third kappa shape index (κ3) is 3.96. The van der Waals surface area contributed by atoms with E-state index >= 15 is 0 Å². The Balaban J connectivity index is 2.45. The van der Waals surface area contributed by atoms with Crippen molar-refractivity contribution >= 4 is 5.97 Å². The molecule has 0 aliphatic carbocycles. The molecule has 1 fully saturated rings. The molecule has 0 aromatic carbocycles. The second-order valence-corrected chi connectivity index (χ2v) is 5.62. The summed E-state index contributed by atoms with van der Waals surface area (Å²) in [5, 5.41) is 0. The van der Waals surface area contributed by atoms with Gasteiger partial charge < -0.3 is 4.74 Å². The van der Waals surface area contributed by atoms with Crippen LogP contribution in [0, 0.1) is 5.92 Å². The number of piperazine rings is 1. The zero-order valence-corrected chi connectivity index (χ0v) is 11.8. The Morgan fingerprint density at radius 2 is 2.06 bits per heavy atom. The lowest BCUT2D eigenvalue weighted by molar-refractivity contribution is -0.148. The second kappa shape index (κ2) is 5.83. The van der Waals surface area contributed by atoms with Crippen molar-refractivity contribution in [1.82, 2.24) is 9.80 Å². The van der Waals surface area contributed by atoms with Gasteiger partial charge in [-0.3, -0.25) is 14.6 Å². The van der Waals surface area contributed by atoms with E-state index in [0.29, 0.717) is 6.61 Å². The molecule has 1 unspecified atom stereocenters.